The van der Waals surface area contributed by atoms with Gasteiger partial charge in [-0.25, -0.2) is 4.98 Å². The van der Waals surface area contributed by atoms with Crippen LogP contribution in [0, 0.1) is 6.92 Å². The molecule has 0 saturated carbocycles. The van der Waals surface area contributed by atoms with Gasteiger partial charge in [0, 0.05) is 38.9 Å². The summed E-state index contributed by atoms with van der Waals surface area (Å²) >= 11 is 0. The molecule has 0 bridgehead atoms. The normalized spacial score (nSPS) is 14.3. The summed E-state index contributed by atoms with van der Waals surface area (Å²) in [5, 5.41) is 0. The number of para-hydroxylation sites is 1. The Morgan fingerprint density at radius 2 is 1.59 bits per heavy atom. The zero-order valence-electron chi connectivity index (χ0n) is 21.1. The molecule has 1 aliphatic heterocycles. The maximum Gasteiger partial charge on any atom is 0.416 e. The molecule has 0 atom stereocenters. The molecule has 1 aliphatic rings. The fourth-order valence-electron chi connectivity index (χ4n) is 4.09. The first-order valence-electron chi connectivity index (χ1n) is 11.9. The van der Waals surface area contributed by atoms with Crippen LogP contribution in [0.3, 0.4) is 0 Å². The minimum atomic E-state index is -4.99. The Balaban J connectivity index is 1.67. The highest BCUT2D eigenvalue weighted by atomic mass is 19.4. The average Bonchev–Trinajstić information content (AvgIpc) is 2.89. The van der Waals surface area contributed by atoms with Gasteiger partial charge in [-0.2, -0.15) is 26.3 Å². The van der Waals surface area contributed by atoms with Gasteiger partial charge in [-0.1, -0.05) is 18.2 Å². The van der Waals surface area contributed by atoms with Crippen molar-refractivity contribution in [2.24, 2.45) is 0 Å². The number of halogens is 6. The second-order valence-electron chi connectivity index (χ2n) is 9.08. The Bertz CT molecular complexity index is 1300. The average molecular weight is 554 g/mol. The number of aromatic nitrogens is 1. The molecule has 208 valence electrons. The number of hydrogen-bond donors (Lipinski definition) is 0. The number of carbonyl (C=O) groups is 1. The molecule has 1 saturated heterocycles. The fraction of sp³-hybridized carbons (Fsp3) is 0.333. The first kappa shape index (κ1) is 28.2. The molecular weight excluding hydrogens is 528 g/mol. The molecule has 0 unspecified atom stereocenters. The lowest BCUT2D eigenvalue weighted by atomic mass is 10.0. The third-order valence-electron chi connectivity index (χ3n) is 6.14. The van der Waals surface area contributed by atoms with E-state index < -0.39 is 35.9 Å². The van der Waals surface area contributed by atoms with Gasteiger partial charge in [-0.05, 0) is 42.3 Å². The summed E-state index contributed by atoms with van der Waals surface area (Å²) in [6.07, 6.45) is -8.69. The van der Waals surface area contributed by atoms with Crippen molar-refractivity contribution in [2.45, 2.75) is 25.8 Å². The van der Waals surface area contributed by atoms with Gasteiger partial charge < -0.3 is 19.3 Å². The number of aryl methyl sites for hydroxylation is 1. The van der Waals surface area contributed by atoms with Crippen LogP contribution in [0.25, 0.3) is 0 Å². The molecular formula is C27H25F6N3O3. The Morgan fingerprint density at radius 3 is 2.18 bits per heavy atom. The lowest BCUT2D eigenvalue weighted by molar-refractivity contribution is -0.143. The molecule has 0 aliphatic carbocycles. The number of hydrogen-bond acceptors (Lipinski definition) is 5. The van der Waals surface area contributed by atoms with Gasteiger partial charge >= 0.3 is 12.4 Å². The van der Waals surface area contributed by atoms with E-state index in [0.717, 1.165) is 10.5 Å². The molecule has 0 spiro atoms. The number of alkyl halides is 6. The number of rotatable bonds is 6. The van der Waals surface area contributed by atoms with Gasteiger partial charge in [0.1, 0.15) is 22.9 Å². The monoisotopic (exact) mass is 553 g/mol. The third kappa shape index (κ3) is 6.80. The van der Waals surface area contributed by atoms with E-state index in [9.17, 15) is 31.1 Å². The van der Waals surface area contributed by atoms with Crippen LogP contribution < -0.4 is 9.64 Å². The van der Waals surface area contributed by atoms with Crippen LogP contribution in [0.2, 0.25) is 0 Å². The first-order chi connectivity index (χ1) is 18.3. The maximum atomic E-state index is 13.4. The standard InChI is InChI=1S/C27H25F6N3O3/c1-17-5-3-4-6-22(17)39-23-14-24(36-7-9-38-10-8-36)34-15-21(23)25(37)35(2)16-18-11-19(26(28,29)30)13-20(12-18)27(31,32)33/h3-6,11-15H,7-10,16H2,1-2H3. The molecule has 39 heavy (non-hydrogen) atoms. The summed E-state index contributed by atoms with van der Waals surface area (Å²) < 4.78 is 91.2. The van der Waals surface area contributed by atoms with Crippen molar-refractivity contribution in [1.29, 1.82) is 0 Å². The predicted molar refractivity (Wildman–Crippen MR) is 131 cm³/mol. The molecule has 4 rings (SSSR count). The SMILES string of the molecule is Cc1ccccc1Oc1cc(N2CCOCC2)ncc1C(=O)N(C)Cc1cc(C(F)(F)F)cc(C(F)(F)F)c1. The molecule has 1 aromatic heterocycles. The Morgan fingerprint density at radius 1 is 0.974 bits per heavy atom. The number of amides is 1. The quantitative estimate of drug-likeness (QED) is 0.334. The van der Waals surface area contributed by atoms with Gasteiger partial charge in [0.15, 0.2) is 0 Å². The molecule has 0 N–H and O–H groups in total. The van der Waals surface area contributed by atoms with E-state index in [0.29, 0.717) is 50.0 Å². The summed E-state index contributed by atoms with van der Waals surface area (Å²) in [7, 11) is 1.28. The summed E-state index contributed by atoms with van der Waals surface area (Å²) in [6.45, 7) is 3.44. The molecule has 2 heterocycles. The van der Waals surface area contributed by atoms with Crippen molar-refractivity contribution in [3.63, 3.8) is 0 Å². The van der Waals surface area contributed by atoms with Gasteiger partial charge in [0.25, 0.3) is 5.91 Å². The van der Waals surface area contributed by atoms with Crippen LogP contribution in [0.5, 0.6) is 11.5 Å². The lowest BCUT2D eigenvalue weighted by Crippen LogP contribution is -2.36. The molecule has 1 amide bonds. The van der Waals surface area contributed by atoms with E-state index in [1.54, 1.807) is 18.2 Å². The number of anilines is 1. The summed E-state index contributed by atoms with van der Waals surface area (Å²) in [6, 6.07) is 9.94. The van der Waals surface area contributed by atoms with Gasteiger partial charge in [-0.15, -0.1) is 0 Å². The maximum absolute atomic E-state index is 13.4. The van der Waals surface area contributed by atoms with Crippen LogP contribution in [0.1, 0.15) is 32.6 Å². The van der Waals surface area contributed by atoms with Gasteiger partial charge in [-0.3, -0.25) is 4.79 Å². The van der Waals surface area contributed by atoms with Crippen LogP contribution in [-0.2, 0) is 23.6 Å². The van der Waals surface area contributed by atoms with Crippen molar-refractivity contribution >= 4 is 11.7 Å². The number of benzene rings is 2. The summed E-state index contributed by atoms with van der Waals surface area (Å²) in [5.41, 5.74) is -2.44. The molecule has 12 heteroatoms. The second kappa shape index (κ2) is 11.1. The van der Waals surface area contributed by atoms with Crippen molar-refractivity contribution < 1.29 is 40.6 Å². The van der Waals surface area contributed by atoms with Gasteiger partial charge in [0.2, 0.25) is 0 Å². The highest BCUT2D eigenvalue weighted by molar-refractivity contribution is 5.97. The molecule has 1 fully saturated rings. The number of carbonyl (C=O) groups excluding carboxylic acids is 1. The second-order valence-corrected chi connectivity index (χ2v) is 9.08. The van der Waals surface area contributed by atoms with Crippen molar-refractivity contribution in [3.8, 4) is 11.5 Å². The summed E-state index contributed by atoms with van der Waals surface area (Å²) in [4.78, 5) is 20.8. The van der Waals surface area contributed by atoms with E-state index in [2.05, 4.69) is 4.98 Å². The van der Waals surface area contributed by atoms with Crippen LogP contribution in [0.15, 0.2) is 54.7 Å². The zero-order valence-corrected chi connectivity index (χ0v) is 21.1. The Labute approximate surface area is 220 Å². The highest BCUT2D eigenvalue weighted by Crippen LogP contribution is 2.37. The zero-order chi connectivity index (χ0) is 28.4. The van der Waals surface area contributed by atoms with Crippen molar-refractivity contribution in [1.82, 2.24) is 9.88 Å². The minimum absolute atomic E-state index is 0.000725. The smallest absolute Gasteiger partial charge is 0.416 e. The van der Waals surface area contributed by atoms with E-state index >= 15 is 0 Å². The van der Waals surface area contributed by atoms with Gasteiger partial charge in [0.05, 0.1) is 24.3 Å². The van der Waals surface area contributed by atoms with E-state index in [4.69, 9.17) is 9.47 Å². The van der Waals surface area contributed by atoms with Crippen molar-refractivity contribution in [2.75, 3.05) is 38.3 Å². The topological polar surface area (TPSA) is 54.9 Å². The Kier molecular flexibility index (Phi) is 8.05. The van der Waals surface area contributed by atoms with E-state index in [-0.39, 0.29) is 22.9 Å². The number of ether oxygens (including phenoxy) is 2. The highest BCUT2D eigenvalue weighted by Gasteiger charge is 2.37. The molecule has 6 nitrogen and oxygen atoms in total. The fourth-order valence-corrected chi connectivity index (χ4v) is 4.09. The lowest BCUT2D eigenvalue weighted by Gasteiger charge is -2.28. The molecule has 3 aromatic rings. The Hall–Kier alpha value is -3.80. The van der Waals surface area contributed by atoms with E-state index in [1.807, 2.05) is 24.0 Å². The molecule has 2 aromatic carbocycles. The van der Waals surface area contributed by atoms with E-state index in [1.165, 1.54) is 13.2 Å². The number of nitrogens with zero attached hydrogens (tertiary/aromatic N) is 3. The van der Waals surface area contributed by atoms with Crippen LogP contribution in [0.4, 0.5) is 32.2 Å². The summed E-state index contributed by atoms with van der Waals surface area (Å²) in [5.74, 6) is 0.470. The van der Waals surface area contributed by atoms with Crippen molar-refractivity contribution in [3.05, 3.63) is 82.5 Å². The first-order valence-corrected chi connectivity index (χ1v) is 11.9. The van der Waals surface area contributed by atoms with Crippen LogP contribution in [-0.4, -0.2) is 49.1 Å². The minimum Gasteiger partial charge on any atom is -0.456 e. The number of morpholine rings is 1. The number of pyridine rings is 1. The van der Waals surface area contributed by atoms with Crippen LogP contribution >= 0.6 is 0 Å². The molecule has 0 radical (unpaired) electrons. The largest absolute Gasteiger partial charge is 0.456 e. The third-order valence-corrected chi connectivity index (χ3v) is 6.14. The predicted octanol–water partition coefficient (Wildman–Crippen LogP) is 6.33.